The van der Waals surface area contributed by atoms with Gasteiger partial charge in [-0.05, 0) is 67.2 Å². The van der Waals surface area contributed by atoms with E-state index in [1.165, 1.54) is 7.05 Å². The van der Waals surface area contributed by atoms with Crippen molar-refractivity contribution in [3.8, 4) is 0 Å². The maximum atomic E-state index is 12.7. The highest BCUT2D eigenvalue weighted by molar-refractivity contribution is 5.85. The van der Waals surface area contributed by atoms with Crippen LogP contribution in [-0.4, -0.2) is 70.6 Å². The van der Waals surface area contributed by atoms with Crippen LogP contribution >= 0.6 is 0 Å². The van der Waals surface area contributed by atoms with Gasteiger partial charge in [0.2, 0.25) is 0 Å². The van der Waals surface area contributed by atoms with Crippen LogP contribution in [0.2, 0.25) is 0 Å². The van der Waals surface area contributed by atoms with Crippen molar-refractivity contribution in [1.29, 1.82) is 0 Å². The number of carbonyl (C=O) groups is 4. The number of aliphatic carboxylic acids is 1. The predicted octanol–water partition coefficient (Wildman–Crippen LogP) is 1.76. The lowest BCUT2D eigenvalue weighted by Gasteiger charge is -2.27. The summed E-state index contributed by atoms with van der Waals surface area (Å²) in [6.45, 7) is 10.0. The number of nitrogens with zero attached hydrogens (tertiary/aromatic N) is 1. The molecule has 0 heterocycles. The lowest BCUT2D eigenvalue weighted by molar-refractivity contribution is -0.140. The highest BCUT2D eigenvalue weighted by Gasteiger charge is 2.45. The Morgan fingerprint density at radius 1 is 1.00 bits per heavy atom. The minimum absolute atomic E-state index is 0.210. The first-order valence-corrected chi connectivity index (χ1v) is 10.2. The fourth-order valence-corrected chi connectivity index (χ4v) is 2.76. The number of rotatable bonds is 9. The summed E-state index contributed by atoms with van der Waals surface area (Å²) in [5, 5.41) is 15.4. The second-order valence-corrected chi connectivity index (χ2v) is 9.87. The summed E-state index contributed by atoms with van der Waals surface area (Å²) in [5.41, 5.74) is 0.564. The molecule has 1 unspecified atom stereocenters. The average molecular weight is 445 g/mol. The average Bonchev–Trinajstić information content (AvgIpc) is 3.26. The number of carboxylic acid groups (broad SMARTS) is 1. The van der Waals surface area contributed by atoms with Crippen molar-refractivity contribution in [2.24, 2.45) is 0 Å². The molecule has 0 aromatic carbocycles. The van der Waals surface area contributed by atoms with Gasteiger partial charge in [-0.3, -0.25) is 15.0 Å². The number of likely N-dealkylation sites (N-methyl/N-ethyl adjacent to an activating group) is 1. The molecular formula is C20H36N4O7. The van der Waals surface area contributed by atoms with Gasteiger partial charge >= 0.3 is 18.2 Å². The summed E-state index contributed by atoms with van der Waals surface area (Å²) in [7, 11) is 1.41. The van der Waals surface area contributed by atoms with Crippen molar-refractivity contribution in [2.45, 2.75) is 90.0 Å². The van der Waals surface area contributed by atoms with Gasteiger partial charge in [-0.15, -0.1) is 0 Å². The molecule has 4 N–H and O–H groups in total. The Labute approximate surface area is 183 Å². The lowest BCUT2D eigenvalue weighted by atomic mass is 10.0. The normalized spacial score (nSPS) is 16.1. The molecule has 0 saturated heterocycles. The van der Waals surface area contributed by atoms with E-state index in [4.69, 9.17) is 14.6 Å². The third-order valence-electron chi connectivity index (χ3n) is 4.21. The van der Waals surface area contributed by atoms with Crippen LogP contribution in [0, 0.1) is 0 Å². The first-order chi connectivity index (χ1) is 14.0. The number of hydrazine groups is 1. The standard InChI is InChI=1S/C20H36N4O7/c1-18(2,3)30-16(28)21-13(15(27)23-24(7)12-14(25)26)8-9-20(10-11-20)22-17(29)31-19(4,5)6/h13H,8-12H2,1-7H3,(H,21,28)(H,22,29)(H,23,27)(H,25,26). The summed E-state index contributed by atoms with van der Waals surface area (Å²) >= 11 is 0. The molecule has 11 heteroatoms. The molecule has 0 aliphatic heterocycles. The van der Waals surface area contributed by atoms with Crippen molar-refractivity contribution < 1.29 is 33.8 Å². The molecule has 0 radical (unpaired) electrons. The van der Waals surface area contributed by atoms with E-state index in [1.807, 2.05) is 0 Å². The molecule has 1 atom stereocenters. The maximum Gasteiger partial charge on any atom is 0.408 e. The molecule has 0 spiro atoms. The van der Waals surface area contributed by atoms with Crippen molar-refractivity contribution in [3.05, 3.63) is 0 Å². The molecule has 0 aromatic rings. The molecule has 1 aliphatic rings. The van der Waals surface area contributed by atoms with Crippen LogP contribution in [0.4, 0.5) is 9.59 Å². The second-order valence-electron chi connectivity index (χ2n) is 9.87. The van der Waals surface area contributed by atoms with E-state index in [9.17, 15) is 19.2 Å². The van der Waals surface area contributed by atoms with Gasteiger partial charge in [0, 0.05) is 12.6 Å². The largest absolute Gasteiger partial charge is 0.480 e. The van der Waals surface area contributed by atoms with E-state index >= 15 is 0 Å². The van der Waals surface area contributed by atoms with Gasteiger partial charge in [-0.1, -0.05) is 0 Å². The van der Waals surface area contributed by atoms with Crippen molar-refractivity contribution in [2.75, 3.05) is 13.6 Å². The zero-order valence-electron chi connectivity index (χ0n) is 19.5. The minimum Gasteiger partial charge on any atom is -0.480 e. The van der Waals surface area contributed by atoms with Crippen LogP contribution in [0.15, 0.2) is 0 Å². The molecular weight excluding hydrogens is 408 g/mol. The van der Waals surface area contributed by atoms with Crippen LogP contribution in [0.1, 0.15) is 67.2 Å². The summed E-state index contributed by atoms with van der Waals surface area (Å²) < 4.78 is 10.5. The Morgan fingerprint density at radius 3 is 1.97 bits per heavy atom. The molecule has 3 amide bonds. The van der Waals surface area contributed by atoms with E-state index in [0.29, 0.717) is 6.42 Å². The van der Waals surface area contributed by atoms with Crippen LogP contribution in [0.3, 0.4) is 0 Å². The summed E-state index contributed by atoms with van der Waals surface area (Å²) in [5.74, 6) is -1.69. The summed E-state index contributed by atoms with van der Waals surface area (Å²) in [6.07, 6.45) is 0.786. The van der Waals surface area contributed by atoms with Crippen molar-refractivity contribution in [3.63, 3.8) is 0 Å². The van der Waals surface area contributed by atoms with E-state index in [1.54, 1.807) is 41.5 Å². The zero-order chi connectivity index (χ0) is 24.0. The van der Waals surface area contributed by atoms with Gasteiger partial charge in [-0.2, -0.15) is 0 Å². The molecule has 1 saturated carbocycles. The molecule has 31 heavy (non-hydrogen) atoms. The smallest absolute Gasteiger partial charge is 0.408 e. The fraction of sp³-hybridized carbons (Fsp3) is 0.800. The van der Waals surface area contributed by atoms with E-state index in [2.05, 4.69) is 16.1 Å². The van der Waals surface area contributed by atoms with Crippen LogP contribution in [0.5, 0.6) is 0 Å². The first-order valence-electron chi connectivity index (χ1n) is 10.2. The Kier molecular flexibility index (Phi) is 8.68. The number of hydrogen-bond donors (Lipinski definition) is 4. The van der Waals surface area contributed by atoms with Gasteiger partial charge in [0.05, 0.1) is 0 Å². The SMILES string of the molecule is CN(CC(=O)O)NC(=O)C(CCC1(NC(=O)OC(C)(C)C)CC1)NC(=O)OC(C)(C)C. The number of hydrogen-bond acceptors (Lipinski definition) is 7. The van der Waals surface area contributed by atoms with Crippen LogP contribution in [-0.2, 0) is 19.1 Å². The Bertz CT molecular complexity index is 678. The second kappa shape index (κ2) is 10.2. The molecule has 178 valence electrons. The van der Waals surface area contributed by atoms with Crippen molar-refractivity contribution >= 4 is 24.1 Å². The van der Waals surface area contributed by atoms with Gasteiger partial charge in [0.25, 0.3) is 5.91 Å². The fourth-order valence-electron chi connectivity index (χ4n) is 2.76. The number of carbonyl (C=O) groups excluding carboxylic acids is 3. The molecule has 1 aliphatic carbocycles. The molecule has 0 bridgehead atoms. The molecule has 0 aromatic heterocycles. The van der Waals surface area contributed by atoms with Gasteiger partial charge in [-0.25, -0.2) is 14.6 Å². The molecule has 1 fully saturated rings. The highest BCUT2D eigenvalue weighted by Crippen LogP contribution is 2.40. The number of amides is 3. The van der Waals surface area contributed by atoms with E-state index in [-0.39, 0.29) is 6.42 Å². The van der Waals surface area contributed by atoms with Crippen LogP contribution < -0.4 is 16.1 Å². The first kappa shape index (κ1) is 26.5. The summed E-state index contributed by atoms with van der Waals surface area (Å²) in [4.78, 5) is 47.8. The Morgan fingerprint density at radius 2 is 1.52 bits per heavy atom. The third-order valence-corrected chi connectivity index (χ3v) is 4.21. The topological polar surface area (TPSA) is 146 Å². The van der Waals surface area contributed by atoms with E-state index in [0.717, 1.165) is 17.9 Å². The van der Waals surface area contributed by atoms with Crippen LogP contribution in [0.25, 0.3) is 0 Å². The quantitative estimate of drug-likeness (QED) is 0.394. The van der Waals surface area contributed by atoms with Gasteiger partial charge < -0.3 is 25.2 Å². The summed E-state index contributed by atoms with van der Waals surface area (Å²) in [6, 6.07) is -0.982. The number of nitrogens with one attached hydrogen (secondary N) is 3. The maximum absolute atomic E-state index is 12.7. The van der Waals surface area contributed by atoms with Crippen molar-refractivity contribution in [1.82, 2.24) is 21.1 Å². The minimum atomic E-state index is -1.11. The number of ether oxygens (including phenoxy) is 2. The Balaban J connectivity index is 2.77. The zero-order valence-corrected chi connectivity index (χ0v) is 19.5. The number of alkyl carbamates (subject to hydrolysis) is 2. The lowest BCUT2D eigenvalue weighted by Crippen LogP contribution is -2.53. The Hall–Kier alpha value is -2.56. The van der Waals surface area contributed by atoms with E-state index < -0.39 is 53.4 Å². The molecule has 11 nitrogen and oxygen atoms in total. The molecule has 1 rings (SSSR count). The highest BCUT2D eigenvalue weighted by atomic mass is 16.6. The number of carboxylic acids is 1. The monoisotopic (exact) mass is 444 g/mol. The van der Waals surface area contributed by atoms with Gasteiger partial charge in [0.1, 0.15) is 23.8 Å². The predicted molar refractivity (Wildman–Crippen MR) is 112 cm³/mol. The van der Waals surface area contributed by atoms with Gasteiger partial charge in [0.15, 0.2) is 0 Å². The third kappa shape index (κ3) is 11.4.